The van der Waals surface area contributed by atoms with Gasteiger partial charge in [-0.05, 0) is 18.1 Å². The number of amides is 2. The van der Waals surface area contributed by atoms with Crippen LogP contribution < -0.4 is 15.7 Å². The zero-order chi connectivity index (χ0) is 16.4. The van der Waals surface area contributed by atoms with Crippen LogP contribution in [0.5, 0.6) is 0 Å². The fourth-order valence-corrected chi connectivity index (χ4v) is 2.80. The molecule has 0 aliphatic carbocycles. The number of carbonyl (C=O) groups is 3. The lowest BCUT2D eigenvalue weighted by molar-refractivity contribution is -0.308. The molecule has 7 heteroatoms. The van der Waals surface area contributed by atoms with Crippen LogP contribution >= 0.6 is 0 Å². The lowest BCUT2D eigenvalue weighted by Crippen LogP contribution is -2.53. The second-order valence-corrected chi connectivity index (χ2v) is 5.60. The number of para-hydroxylation sites is 1. The number of aromatic nitrogens is 1. The Hall–Kier alpha value is -2.83. The van der Waals surface area contributed by atoms with Crippen LogP contribution in [0.15, 0.2) is 30.5 Å². The summed E-state index contributed by atoms with van der Waals surface area (Å²) in [5.74, 6) is -2.05. The van der Waals surface area contributed by atoms with Crippen molar-refractivity contribution in [2.75, 3.05) is 0 Å². The summed E-state index contributed by atoms with van der Waals surface area (Å²) < 4.78 is 0. The standard InChI is InChI=1S/C16H17N3O4/c20-14-6-5-12(18-14)15(21)19-13(16(22)23)7-9-8-17-11-4-2-1-3-10(9)11/h1-4,8,12-13,17H,5-7H2,(H,18,20)(H,19,21)(H,22,23)/p-1/t12-,13+/m1/s1. The third kappa shape index (κ3) is 3.18. The number of H-pyrrole nitrogens is 1. The van der Waals surface area contributed by atoms with Gasteiger partial charge in [0.15, 0.2) is 0 Å². The second-order valence-electron chi connectivity index (χ2n) is 5.60. The van der Waals surface area contributed by atoms with E-state index in [1.54, 1.807) is 6.20 Å². The first-order chi connectivity index (χ1) is 11.0. The van der Waals surface area contributed by atoms with E-state index >= 15 is 0 Å². The number of aromatic amines is 1. The third-order valence-electron chi connectivity index (χ3n) is 4.01. The SMILES string of the molecule is O=C1CC[C@H](C(=O)N[C@@H](Cc2c[nH]c3ccccc23)C(=O)[O-])N1. The van der Waals surface area contributed by atoms with Crippen molar-refractivity contribution in [2.45, 2.75) is 31.3 Å². The number of fused-ring (bicyclic) bond motifs is 1. The quantitative estimate of drug-likeness (QED) is 0.672. The molecule has 0 unspecified atom stereocenters. The van der Waals surface area contributed by atoms with Crippen molar-refractivity contribution in [1.29, 1.82) is 0 Å². The van der Waals surface area contributed by atoms with E-state index in [2.05, 4.69) is 15.6 Å². The van der Waals surface area contributed by atoms with Crippen molar-refractivity contribution in [1.82, 2.24) is 15.6 Å². The molecular formula is C16H16N3O4-. The Bertz CT molecular complexity index is 768. The summed E-state index contributed by atoms with van der Waals surface area (Å²) in [4.78, 5) is 37.6. The van der Waals surface area contributed by atoms with Crippen LogP contribution in [0, 0.1) is 0 Å². The number of hydrogen-bond donors (Lipinski definition) is 3. The Morgan fingerprint density at radius 3 is 2.83 bits per heavy atom. The Kier molecular flexibility index (Phi) is 4.01. The van der Waals surface area contributed by atoms with Gasteiger partial charge in [-0.3, -0.25) is 9.59 Å². The molecule has 3 rings (SSSR count). The number of hydrogen-bond acceptors (Lipinski definition) is 4. The number of carboxylic acid groups (broad SMARTS) is 1. The Labute approximate surface area is 132 Å². The van der Waals surface area contributed by atoms with Gasteiger partial charge in [-0.15, -0.1) is 0 Å². The number of nitrogens with one attached hydrogen (secondary N) is 3. The molecule has 2 amide bonds. The minimum Gasteiger partial charge on any atom is -0.548 e. The number of rotatable bonds is 5. The van der Waals surface area contributed by atoms with Crippen molar-refractivity contribution in [3.8, 4) is 0 Å². The van der Waals surface area contributed by atoms with Gasteiger partial charge in [0, 0.05) is 29.9 Å². The molecule has 7 nitrogen and oxygen atoms in total. The van der Waals surface area contributed by atoms with Crippen LogP contribution in [-0.2, 0) is 20.8 Å². The van der Waals surface area contributed by atoms with E-state index in [9.17, 15) is 19.5 Å². The average molecular weight is 314 g/mol. The lowest BCUT2D eigenvalue weighted by Gasteiger charge is -2.21. The van der Waals surface area contributed by atoms with Crippen molar-refractivity contribution in [3.05, 3.63) is 36.0 Å². The van der Waals surface area contributed by atoms with Gasteiger partial charge in [-0.2, -0.15) is 0 Å². The third-order valence-corrected chi connectivity index (χ3v) is 4.01. The maximum atomic E-state index is 12.1. The van der Waals surface area contributed by atoms with E-state index in [-0.39, 0.29) is 18.7 Å². The molecule has 23 heavy (non-hydrogen) atoms. The first-order valence-corrected chi connectivity index (χ1v) is 7.40. The van der Waals surface area contributed by atoms with Gasteiger partial charge in [0.05, 0.1) is 12.0 Å². The topological polar surface area (TPSA) is 114 Å². The molecule has 0 saturated carbocycles. The van der Waals surface area contributed by atoms with E-state index in [1.165, 1.54) is 0 Å². The summed E-state index contributed by atoms with van der Waals surface area (Å²) in [6.07, 6.45) is 2.48. The van der Waals surface area contributed by atoms with Crippen LogP contribution in [0.3, 0.4) is 0 Å². The molecule has 3 N–H and O–H groups in total. The molecule has 2 aromatic rings. The summed E-state index contributed by atoms with van der Waals surface area (Å²) in [6, 6.07) is 5.68. The Morgan fingerprint density at radius 1 is 1.35 bits per heavy atom. The molecule has 2 heterocycles. The molecule has 1 aliphatic heterocycles. The fourth-order valence-electron chi connectivity index (χ4n) is 2.80. The summed E-state index contributed by atoms with van der Waals surface area (Å²) >= 11 is 0. The molecule has 0 bridgehead atoms. The predicted molar refractivity (Wildman–Crippen MR) is 80.1 cm³/mol. The maximum Gasteiger partial charge on any atom is 0.243 e. The normalized spacial score (nSPS) is 18.6. The number of carboxylic acids is 1. The van der Waals surface area contributed by atoms with Gasteiger partial charge in [-0.25, -0.2) is 0 Å². The molecule has 1 saturated heterocycles. The molecule has 1 aromatic heterocycles. The Morgan fingerprint density at radius 2 is 2.13 bits per heavy atom. The highest BCUT2D eigenvalue weighted by atomic mass is 16.4. The van der Waals surface area contributed by atoms with Crippen molar-refractivity contribution < 1.29 is 19.5 Å². The van der Waals surface area contributed by atoms with Crippen LogP contribution in [-0.4, -0.2) is 34.9 Å². The highest BCUT2D eigenvalue weighted by molar-refractivity contribution is 5.93. The number of carbonyl (C=O) groups excluding carboxylic acids is 3. The summed E-state index contributed by atoms with van der Waals surface area (Å²) in [5.41, 5.74) is 1.68. The van der Waals surface area contributed by atoms with Crippen LogP contribution in [0.1, 0.15) is 18.4 Å². The molecule has 0 radical (unpaired) electrons. The van der Waals surface area contributed by atoms with E-state index in [0.29, 0.717) is 6.42 Å². The van der Waals surface area contributed by atoms with E-state index < -0.39 is 24.0 Å². The molecule has 0 spiro atoms. The zero-order valence-corrected chi connectivity index (χ0v) is 12.3. The van der Waals surface area contributed by atoms with Crippen molar-refractivity contribution >= 4 is 28.7 Å². The first kappa shape index (κ1) is 15.1. The van der Waals surface area contributed by atoms with Crippen molar-refractivity contribution in [3.63, 3.8) is 0 Å². The summed E-state index contributed by atoms with van der Waals surface area (Å²) in [5, 5.41) is 17.2. The minimum absolute atomic E-state index is 0.110. The van der Waals surface area contributed by atoms with Gasteiger partial charge in [0.1, 0.15) is 6.04 Å². The molecule has 1 fully saturated rings. The van der Waals surface area contributed by atoms with E-state index in [0.717, 1.165) is 16.5 Å². The molecular weight excluding hydrogens is 298 g/mol. The largest absolute Gasteiger partial charge is 0.548 e. The maximum absolute atomic E-state index is 12.1. The number of benzene rings is 1. The van der Waals surface area contributed by atoms with Gasteiger partial charge in [-0.1, -0.05) is 18.2 Å². The predicted octanol–water partition coefficient (Wildman–Crippen LogP) is -0.776. The van der Waals surface area contributed by atoms with E-state index in [4.69, 9.17) is 0 Å². The molecule has 1 aliphatic rings. The van der Waals surface area contributed by atoms with Gasteiger partial charge < -0.3 is 25.5 Å². The van der Waals surface area contributed by atoms with Gasteiger partial charge in [0.2, 0.25) is 11.8 Å². The lowest BCUT2D eigenvalue weighted by atomic mass is 10.0. The van der Waals surface area contributed by atoms with Gasteiger partial charge in [0.25, 0.3) is 0 Å². The summed E-state index contributed by atoms with van der Waals surface area (Å²) in [6.45, 7) is 0. The van der Waals surface area contributed by atoms with Crippen molar-refractivity contribution in [2.24, 2.45) is 0 Å². The average Bonchev–Trinajstić information content (AvgIpc) is 3.13. The fraction of sp³-hybridized carbons (Fsp3) is 0.312. The first-order valence-electron chi connectivity index (χ1n) is 7.40. The van der Waals surface area contributed by atoms with Gasteiger partial charge >= 0.3 is 0 Å². The molecule has 2 atom stereocenters. The highest BCUT2D eigenvalue weighted by Gasteiger charge is 2.29. The van der Waals surface area contributed by atoms with Crippen LogP contribution in [0.2, 0.25) is 0 Å². The zero-order valence-electron chi connectivity index (χ0n) is 12.3. The molecule has 1 aromatic carbocycles. The monoisotopic (exact) mass is 314 g/mol. The molecule has 120 valence electrons. The summed E-state index contributed by atoms with van der Waals surface area (Å²) in [7, 11) is 0. The van der Waals surface area contributed by atoms with E-state index in [1.807, 2.05) is 24.3 Å². The second kappa shape index (κ2) is 6.12. The van der Waals surface area contributed by atoms with Crippen LogP contribution in [0.4, 0.5) is 0 Å². The smallest absolute Gasteiger partial charge is 0.243 e. The highest BCUT2D eigenvalue weighted by Crippen LogP contribution is 2.19. The Balaban J connectivity index is 1.73. The van der Waals surface area contributed by atoms with Crippen LogP contribution in [0.25, 0.3) is 10.9 Å². The number of aliphatic carboxylic acids is 1. The minimum atomic E-state index is -1.35.